The van der Waals surface area contributed by atoms with Crippen LogP contribution < -0.4 is 5.32 Å². The SMILES string of the molecule is CC(Nc1nc2ccc([N+](=O)[O-])cc2[nH]1)C1CCCCC1. The molecule has 0 bridgehead atoms. The van der Waals surface area contributed by atoms with Crippen molar-refractivity contribution in [3.63, 3.8) is 0 Å². The van der Waals surface area contributed by atoms with Crippen molar-refractivity contribution in [2.75, 3.05) is 5.32 Å². The van der Waals surface area contributed by atoms with Crippen molar-refractivity contribution in [2.24, 2.45) is 5.92 Å². The van der Waals surface area contributed by atoms with Crippen LogP contribution in [0.4, 0.5) is 11.6 Å². The van der Waals surface area contributed by atoms with E-state index in [9.17, 15) is 10.1 Å². The lowest BCUT2D eigenvalue weighted by Gasteiger charge is -2.28. The van der Waals surface area contributed by atoms with Gasteiger partial charge >= 0.3 is 0 Å². The van der Waals surface area contributed by atoms with Crippen molar-refractivity contribution in [1.82, 2.24) is 9.97 Å². The molecule has 1 heterocycles. The molecule has 2 aromatic rings. The monoisotopic (exact) mass is 288 g/mol. The summed E-state index contributed by atoms with van der Waals surface area (Å²) in [6.07, 6.45) is 6.49. The number of nitro benzene ring substituents is 1. The Morgan fingerprint density at radius 3 is 2.86 bits per heavy atom. The Bertz CT molecular complexity index is 646. The molecule has 1 aliphatic rings. The summed E-state index contributed by atoms with van der Waals surface area (Å²) in [5, 5.41) is 14.2. The normalized spacial score (nSPS) is 17.8. The fourth-order valence-corrected chi connectivity index (χ4v) is 3.15. The van der Waals surface area contributed by atoms with Crippen LogP contribution in [0, 0.1) is 16.0 Å². The molecule has 1 aromatic heterocycles. The van der Waals surface area contributed by atoms with Gasteiger partial charge in [-0.2, -0.15) is 0 Å². The van der Waals surface area contributed by atoms with Crippen molar-refractivity contribution in [3.8, 4) is 0 Å². The Labute approximate surface area is 123 Å². The van der Waals surface area contributed by atoms with E-state index >= 15 is 0 Å². The Hall–Kier alpha value is -2.11. The average molecular weight is 288 g/mol. The number of benzene rings is 1. The fraction of sp³-hybridized carbons (Fsp3) is 0.533. The number of aromatic nitrogens is 2. The maximum atomic E-state index is 10.8. The standard InChI is InChI=1S/C15H20N4O2/c1-10(11-5-3-2-4-6-11)16-15-17-13-8-7-12(19(20)21)9-14(13)18-15/h7-11H,2-6H2,1H3,(H2,16,17,18). The molecule has 1 fully saturated rings. The molecule has 6 heteroatoms. The molecule has 0 saturated heterocycles. The summed E-state index contributed by atoms with van der Waals surface area (Å²) in [7, 11) is 0. The quantitative estimate of drug-likeness (QED) is 0.661. The topological polar surface area (TPSA) is 83.8 Å². The van der Waals surface area contributed by atoms with Crippen LogP contribution in [0.5, 0.6) is 0 Å². The molecule has 112 valence electrons. The molecule has 2 N–H and O–H groups in total. The number of imidazole rings is 1. The van der Waals surface area contributed by atoms with Gasteiger partial charge < -0.3 is 10.3 Å². The maximum absolute atomic E-state index is 10.8. The minimum absolute atomic E-state index is 0.0815. The highest BCUT2D eigenvalue weighted by Gasteiger charge is 2.20. The number of nitrogens with one attached hydrogen (secondary N) is 2. The smallest absolute Gasteiger partial charge is 0.271 e. The molecule has 1 aliphatic carbocycles. The first kappa shape index (κ1) is 13.9. The van der Waals surface area contributed by atoms with Crippen LogP contribution in [0.15, 0.2) is 18.2 Å². The summed E-state index contributed by atoms with van der Waals surface area (Å²) >= 11 is 0. The van der Waals surface area contributed by atoms with E-state index in [1.165, 1.54) is 44.2 Å². The molecule has 1 unspecified atom stereocenters. The summed E-state index contributed by atoms with van der Waals surface area (Å²) in [5.74, 6) is 1.38. The Kier molecular flexibility index (Phi) is 3.77. The first-order valence-corrected chi connectivity index (χ1v) is 7.54. The van der Waals surface area contributed by atoms with Crippen LogP contribution in [0.2, 0.25) is 0 Å². The van der Waals surface area contributed by atoms with Gasteiger partial charge in [-0.3, -0.25) is 10.1 Å². The molecule has 1 atom stereocenters. The van der Waals surface area contributed by atoms with Crippen molar-refractivity contribution >= 4 is 22.7 Å². The molecular weight excluding hydrogens is 268 g/mol. The lowest BCUT2D eigenvalue weighted by molar-refractivity contribution is -0.384. The zero-order chi connectivity index (χ0) is 14.8. The lowest BCUT2D eigenvalue weighted by atomic mass is 9.85. The van der Waals surface area contributed by atoms with Crippen molar-refractivity contribution in [2.45, 2.75) is 45.1 Å². The summed E-state index contributed by atoms with van der Waals surface area (Å²) < 4.78 is 0. The molecule has 1 aromatic carbocycles. The second-order valence-electron chi connectivity index (χ2n) is 5.88. The highest BCUT2D eigenvalue weighted by molar-refractivity contribution is 5.79. The van der Waals surface area contributed by atoms with E-state index in [4.69, 9.17) is 0 Å². The summed E-state index contributed by atoms with van der Waals surface area (Å²) in [4.78, 5) is 18.0. The first-order valence-electron chi connectivity index (χ1n) is 7.54. The molecular formula is C15H20N4O2. The number of hydrogen-bond donors (Lipinski definition) is 2. The van der Waals surface area contributed by atoms with E-state index in [1.54, 1.807) is 6.07 Å². The van der Waals surface area contributed by atoms with Crippen LogP contribution in [-0.2, 0) is 0 Å². The molecule has 0 amide bonds. The van der Waals surface area contributed by atoms with Gasteiger partial charge in [-0.05, 0) is 31.7 Å². The number of fused-ring (bicyclic) bond motifs is 1. The van der Waals surface area contributed by atoms with Gasteiger partial charge in [0.1, 0.15) is 0 Å². The van der Waals surface area contributed by atoms with E-state index < -0.39 is 4.92 Å². The van der Waals surface area contributed by atoms with Crippen molar-refractivity contribution in [3.05, 3.63) is 28.3 Å². The average Bonchev–Trinajstić information content (AvgIpc) is 2.89. The van der Waals surface area contributed by atoms with Crippen LogP contribution in [0.3, 0.4) is 0 Å². The second-order valence-corrected chi connectivity index (χ2v) is 5.88. The van der Waals surface area contributed by atoms with Gasteiger partial charge in [0, 0.05) is 18.2 Å². The number of nitrogens with zero attached hydrogens (tertiary/aromatic N) is 2. The minimum Gasteiger partial charge on any atom is -0.353 e. The van der Waals surface area contributed by atoms with Crippen LogP contribution >= 0.6 is 0 Å². The molecule has 21 heavy (non-hydrogen) atoms. The summed E-state index contributed by atoms with van der Waals surface area (Å²) in [6, 6.07) is 5.05. The third-order valence-electron chi connectivity index (χ3n) is 4.40. The molecule has 6 nitrogen and oxygen atoms in total. The van der Waals surface area contributed by atoms with E-state index in [-0.39, 0.29) is 5.69 Å². The zero-order valence-corrected chi connectivity index (χ0v) is 12.1. The maximum Gasteiger partial charge on any atom is 0.271 e. The Morgan fingerprint density at radius 2 is 2.14 bits per heavy atom. The number of rotatable bonds is 4. The van der Waals surface area contributed by atoms with Crippen LogP contribution in [0.25, 0.3) is 11.0 Å². The Morgan fingerprint density at radius 1 is 1.38 bits per heavy atom. The van der Waals surface area contributed by atoms with Gasteiger partial charge in [0.25, 0.3) is 5.69 Å². The zero-order valence-electron chi connectivity index (χ0n) is 12.1. The number of H-pyrrole nitrogens is 1. The third kappa shape index (κ3) is 2.99. The number of hydrogen-bond acceptors (Lipinski definition) is 4. The largest absolute Gasteiger partial charge is 0.353 e. The first-order chi connectivity index (χ1) is 10.1. The number of non-ortho nitro benzene ring substituents is 1. The van der Waals surface area contributed by atoms with E-state index in [0.717, 1.165) is 5.52 Å². The van der Waals surface area contributed by atoms with Gasteiger partial charge in [-0.15, -0.1) is 0 Å². The van der Waals surface area contributed by atoms with Gasteiger partial charge in [-0.1, -0.05) is 19.3 Å². The molecule has 0 aliphatic heterocycles. The van der Waals surface area contributed by atoms with E-state index in [2.05, 4.69) is 22.2 Å². The van der Waals surface area contributed by atoms with Crippen LogP contribution in [-0.4, -0.2) is 20.9 Å². The number of nitro groups is 1. The highest BCUT2D eigenvalue weighted by Crippen LogP contribution is 2.28. The Balaban J connectivity index is 1.76. The van der Waals surface area contributed by atoms with E-state index in [1.807, 2.05) is 0 Å². The highest BCUT2D eigenvalue weighted by atomic mass is 16.6. The lowest BCUT2D eigenvalue weighted by Crippen LogP contribution is -2.28. The number of aromatic amines is 1. The predicted molar refractivity (Wildman–Crippen MR) is 82.4 cm³/mol. The molecule has 3 rings (SSSR count). The summed E-state index contributed by atoms with van der Waals surface area (Å²) in [5.41, 5.74) is 1.53. The van der Waals surface area contributed by atoms with Gasteiger partial charge in [0.05, 0.1) is 16.0 Å². The minimum atomic E-state index is -0.391. The van der Waals surface area contributed by atoms with Gasteiger partial charge in [0.2, 0.25) is 5.95 Å². The molecule has 0 spiro atoms. The molecule has 0 radical (unpaired) electrons. The summed E-state index contributed by atoms with van der Waals surface area (Å²) in [6.45, 7) is 2.19. The number of anilines is 1. The third-order valence-corrected chi connectivity index (χ3v) is 4.40. The van der Waals surface area contributed by atoms with Crippen molar-refractivity contribution in [1.29, 1.82) is 0 Å². The van der Waals surface area contributed by atoms with Crippen molar-refractivity contribution < 1.29 is 4.92 Å². The second kappa shape index (κ2) is 5.71. The predicted octanol–water partition coefficient (Wildman–Crippen LogP) is 3.85. The van der Waals surface area contributed by atoms with Gasteiger partial charge in [0.15, 0.2) is 0 Å². The van der Waals surface area contributed by atoms with Crippen LogP contribution in [0.1, 0.15) is 39.0 Å². The van der Waals surface area contributed by atoms with Gasteiger partial charge in [-0.25, -0.2) is 4.98 Å². The van der Waals surface area contributed by atoms with E-state index in [0.29, 0.717) is 23.4 Å². The fourth-order valence-electron chi connectivity index (χ4n) is 3.15. The molecule has 1 saturated carbocycles.